The Morgan fingerprint density at radius 2 is 1.50 bits per heavy atom. The number of benzene rings is 1. The fourth-order valence-electron chi connectivity index (χ4n) is 1.28. The number of likely N-dealkylation sites (N-methyl/N-ethyl adjacent to an activating group) is 1. The van der Waals surface area contributed by atoms with Crippen molar-refractivity contribution < 1.29 is 14.7 Å². The predicted octanol–water partition coefficient (Wildman–Crippen LogP) is 0.944. The molecule has 0 saturated heterocycles. The van der Waals surface area contributed by atoms with Gasteiger partial charge in [0.15, 0.2) is 0 Å². The lowest BCUT2D eigenvalue weighted by molar-refractivity contribution is -0.136. The number of hydrogen-bond acceptors (Lipinski definition) is 2. The van der Waals surface area contributed by atoms with E-state index in [9.17, 15) is 9.59 Å². The number of amides is 1. The maximum Gasteiger partial charge on any atom is 0.307 e. The van der Waals surface area contributed by atoms with Crippen molar-refractivity contribution in [3.8, 4) is 0 Å². The van der Waals surface area contributed by atoms with Gasteiger partial charge in [-0.15, -0.1) is 0 Å². The molecule has 0 atom stereocenters. The van der Waals surface area contributed by atoms with Gasteiger partial charge < -0.3 is 10.0 Å². The van der Waals surface area contributed by atoms with E-state index in [1.807, 2.05) is 0 Å². The highest BCUT2D eigenvalue weighted by atomic mass is 16.4. The molecule has 1 amide bonds. The standard InChI is InChI=1S/C12H15NO3/c1-13(2)11(14)7-9-3-5-10(6-4-9)8-12(15)16/h3-6H,7-8H2,1-2H3,(H,15,16). The quantitative estimate of drug-likeness (QED) is 0.823. The van der Waals surface area contributed by atoms with Gasteiger partial charge in [0, 0.05) is 14.1 Å². The van der Waals surface area contributed by atoms with Crippen LogP contribution in [0.15, 0.2) is 24.3 Å². The van der Waals surface area contributed by atoms with Gasteiger partial charge >= 0.3 is 5.97 Å². The molecule has 16 heavy (non-hydrogen) atoms. The van der Waals surface area contributed by atoms with E-state index in [-0.39, 0.29) is 12.3 Å². The first-order valence-corrected chi connectivity index (χ1v) is 4.99. The van der Waals surface area contributed by atoms with Crippen LogP contribution in [0.3, 0.4) is 0 Å². The van der Waals surface area contributed by atoms with Gasteiger partial charge in [0.1, 0.15) is 0 Å². The van der Waals surface area contributed by atoms with Crippen molar-refractivity contribution in [3.63, 3.8) is 0 Å². The van der Waals surface area contributed by atoms with Crippen molar-refractivity contribution in [3.05, 3.63) is 35.4 Å². The van der Waals surface area contributed by atoms with Crippen molar-refractivity contribution in [1.82, 2.24) is 4.90 Å². The van der Waals surface area contributed by atoms with Crippen LogP contribution in [-0.4, -0.2) is 36.0 Å². The van der Waals surface area contributed by atoms with Gasteiger partial charge in [-0.25, -0.2) is 0 Å². The van der Waals surface area contributed by atoms with Crippen LogP contribution in [0, 0.1) is 0 Å². The molecule has 1 N–H and O–H groups in total. The summed E-state index contributed by atoms with van der Waals surface area (Å²) in [7, 11) is 3.42. The average molecular weight is 221 g/mol. The predicted molar refractivity (Wildman–Crippen MR) is 60.2 cm³/mol. The van der Waals surface area contributed by atoms with E-state index in [1.165, 1.54) is 4.90 Å². The van der Waals surface area contributed by atoms with Crippen LogP contribution < -0.4 is 0 Å². The molecule has 1 aromatic rings. The third-order valence-electron chi connectivity index (χ3n) is 2.23. The number of carbonyl (C=O) groups is 2. The Bertz CT molecular complexity index is 382. The van der Waals surface area contributed by atoms with Crippen LogP contribution >= 0.6 is 0 Å². The molecule has 0 aliphatic rings. The third-order valence-corrected chi connectivity index (χ3v) is 2.23. The lowest BCUT2D eigenvalue weighted by Gasteiger charge is -2.10. The molecule has 0 fully saturated rings. The molecule has 86 valence electrons. The highest BCUT2D eigenvalue weighted by Gasteiger charge is 2.06. The Morgan fingerprint density at radius 1 is 1.06 bits per heavy atom. The molecule has 0 aliphatic carbocycles. The van der Waals surface area contributed by atoms with Gasteiger partial charge in [-0.2, -0.15) is 0 Å². The van der Waals surface area contributed by atoms with Crippen molar-refractivity contribution in [2.45, 2.75) is 12.8 Å². The van der Waals surface area contributed by atoms with E-state index in [1.54, 1.807) is 38.4 Å². The number of carbonyl (C=O) groups excluding carboxylic acids is 1. The Labute approximate surface area is 94.5 Å². The molecule has 0 aliphatic heterocycles. The number of aliphatic carboxylic acids is 1. The van der Waals surface area contributed by atoms with Gasteiger partial charge in [0.05, 0.1) is 12.8 Å². The molecular weight excluding hydrogens is 206 g/mol. The second-order valence-corrected chi connectivity index (χ2v) is 3.85. The van der Waals surface area contributed by atoms with E-state index >= 15 is 0 Å². The summed E-state index contributed by atoms with van der Waals surface area (Å²) in [5.74, 6) is -0.817. The van der Waals surface area contributed by atoms with Crippen LogP contribution in [0.25, 0.3) is 0 Å². The maximum atomic E-state index is 11.4. The van der Waals surface area contributed by atoms with Crippen LogP contribution in [0.4, 0.5) is 0 Å². The smallest absolute Gasteiger partial charge is 0.307 e. The van der Waals surface area contributed by atoms with Gasteiger partial charge in [0.25, 0.3) is 0 Å². The third kappa shape index (κ3) is 3.73. The number of hydrogen-bond donors (Lipinski definition) is 1. The molecule has 0 spiro atoms. The molecule has 1 aromatic carbocycles. The van der Waals surface area contributed by atoms with Crippen molar-refractivity contribution in [2.24, 2.45) is 0 Å². The van der Waals surface area contributed by atoms with Crippen molar-refractivity contribution >= 4 is 11.9 Å². The van der Waals surface area contributed by atoms with Gasteiger partial charge in [-0.3, -0.25) is 9.59 Å². The SMILES string of the molecule is CN(C)C(=O)Cc1ccc(CC(=O)O)cc1. The van der Waals surface area contributed by atoms with Gasteiger partial charge in [0.2, 0.25) is 5.91 Å². The van der Waals surface area contributed by atoms with E-state index in [0.717, 1.165) is 11.1 Å². The molecule has 0 unspecified atom stereocenters. The molecule has 4 nitrogen and oxygen atoms in total. The first kappa shape index (κ1) is 12.2. The van der Waals surface area contributed by atoms with E-state index in [0.29, 0.717) is 6.42 Å². The molecule has 0 aromatic heterocycles. The van der Waals surface area contributed by atoms with Crippen molar-refractivity contribution in [2.75, 3.05) is 14.1 Å². The number of carboxylic acid groups (broad SMARTS) is 1. The summed E-state index contributed by atoms with van der Waals surface area (Å²) in [4.78, 5) is 23.4. The van der Waals surface area contributed by atoms with E-state index in [4.69, 9.17) is 5.11 Å². The van der Waals surface area contributed by atoms with Gasteiger partial charge in [-0.1, -0.05) is 24.3 Å². The normalized spacial score (nSPS) is 9.88. The number of carboxylic acids is 1. The monoisotopic (exact) mass is 221 g/mol. The summed E-state index contributed by atoms with van der Waals surface area (Å²) in [6, 6.07) is 7.07. The molecule has 0 bridgehead atoms. The summed E-state index contributed by atoms with van der Waals surface area (Å²) in [6.07, 6.45) is 0.363. The molecule has 0 saturated carbocycles. The molecule has 0 heterocycles. The fraction of sp³-hybridized carbons (Fsp3) is 0.333. The lowest BCUT2D eigenvalue weighted by Crippen LogP contribution is -2.23. The van der Waals surface area contributed by atoms with Crippen LogP contribution in [0.2, 0.25) is 0 Å². The number of rotatable bonds is 4. The first-order chi connectivity index (χ1) is 7.49. The summed E-state index contributed by atoms with van der Waals surface area (Å²) in [5.41, 5.74) is 1.64. The minimum atomic E-state index is -0.850. The second-order valence-electron chi connectivity index (χ2n) is 3.85. The lowest BCUT2D eigenvalue weighted by atomic mass is 10.1. The second kappa shape index (κ2) is 5.30. The number of nitrogens with zero attached hydrogens (tertiary/aromatic N) is 1. The van der Waals surface area contributed by atoms with Gasteiger partial charge in [-0.05, 0) is 11.1 Å². The average Bonchev–Trinajstić information content (AvgIpc) is 2.20. The Kier molecular flexibility index (Phi) is 4.05. The molecule has 1 rings (SSSR count). The highest BCUT2D eigenvalue weighted by molar-refractivity contribution is 5.78. The molecular formula is C12H15NO3. The summed E-state index contributed by atoms with van der Waals surface area (Å²) in [6.45, 7) is 0. The molecule has 4 heteroatoms. The largest absolute Gasteiger partial charge is 0.481 e. The minimum Gasteiger partial charge on any atom is -0.481 e. The Balaban J connectivity index is 2.64. The first-order valence-electron chi connectivity index (χ1n) is 4.99. The topological polar surface area (TPSA) is 57.6 Å². The van der Waals surface area contributed by atoms with Crippen LogP contribution in [0.1, 0.15) is 11.1 Å². The van der Waals surface area contributed by atoms with Crippen LogP contribution in [0.5, 0.6) is 0 Å². The van der Waals surface area contributed by atoms with Crippen molar-refractivity contribution in [1.29, 1.82) is 0 Å². The summed E-state index contributed by atoms with van der Waals surface area (Å²) in [5, 5.41) is 8.59. The molecule has 0 radical (unpaired) electrons. The van der Waals surface area contributed by atoms with E-state index < -0.39 is 5.97 Å². The van der Waals surface area contributed by atoms with E-state index in [2.05, 4.69) is 0 Å². The zero-order valence-corrected chi connectivity index (χ0v) is 9.43. The highest BCUT2D eigenvalue weighted by Crippen LogP contribution is 2.06. The minimum absolute atomic E-state index is 0.0158. The Morgan fingerprint density at radius 3 is 1.88 bits per heavy atom. The Hall–Kier alpha value is -1.84. The summed E-state index contributed by atoms with van der Waals surface area (Å²) >= 11 is 0. The summed E-state index contributed by atoms with van der Waals surface area (Å²) < 4.78 is 0. The van der Waals surface area contributed by atoms with Crippen LogP contribution in [-0.2, 0) is 22.4 Å². The fourth-order valence-corrected chi connectivity index (χ4v) is 1.28. The zero-order chi connectivity index (χ0) is 12.1. The zero-order valence-electron chi connectivity index (χ0n) is 9.43. The maximum absolute atomic E-state index is 11.4.